The minimum Gasteiger partial charge on any atom is -0.467 e. The predicted octanol–water partition coefficient (Wildman–Crippen LogP) is 1.21. The van der Waals surface area contributed by atoms with Crippen LogP contribution in [0.1, 0.15) is 19.1 Å². The Morgan fingerprint density at radius 1 is 1.73 bits per heavy atom. The number of hydrogen-bond donors (Lipinski definition) is 2. The quantitative estimate of drug-likeness (QED) is 0.740. The fourth-order valence-electron chi connectivity index (χ4n) is 1.05. The van der Waals surface area contributed by atoms with Gasteiger partial charge in [0.25, 0.3) is 0 Å². The molecule has 15 heavy (non-hydrogen) atoms. The highest BCUT2D eigenvalue weighted by Crippen LogP contribution is 2.03. The Morgan fingerprint density at radius 3 is 3.00 bits per heavy atom. The lowest BCUT2D eigenvalue weighted by Crippen LogP contribution is -2.28. The lowest BCUT2D eigenvalue weighted by Gasteiger charge is -2.08. The molecule has 0 aliphatic rings. The Morgan fingerprint density at radius 2 is 2.47 bits per heavy atom. The number of hydrogen-bond acceptors (Lipinski definition) is 3. The van der Waals surface area contributed by atoms with Crippen molar-refractivity contribution in [3.05, 3.63) is 24.2 Å². The van der Waals surface area contributed by atoms with Gasteiger partial charge in [0.15, 0.2) is 0 Å². The van der Waals surface area contributed by atoms with Gasteiger partial charge in [-0.1, -0.05) is 19.1 Å². The van der Waals surface area contributed by atoms with Crippen LogP contribution in [0.2, 0.25) is 0 Å². The molecule has 1 unspecified atom stereocenters. The van der Waals surface area contributed by atoms with Gasteiger partial charge in [-0.15, -0.1) is 0 Å². The molecule has 1 rings (SSSR count). The van der Waals surface area contributed by atoms with Gasteiger partial charge < -0.3 is 15.5 Å². The summed E-state index contributed by atoms with van der Waals surface area (Å²) in [5.41, 5.74) is 5.41. The molecule has 5 heteroatoms. The van der Waals surface area contributed by atoms with Crippen molar-refractivity contribution in [3.63, 3.8) is 0 Å². The Labute approximate surface area is 93.8 Å². The van der Waals surface area contributed by atoms with Crippen LogP contribution in [0.3, 0.4) is 0 Å². The van der Waals surface area contributed by atoms with Gasteiger partial charge in [0, 0.05) is 12.3 Å². The van der Waals surface area contributed by atoms with E-state index in [-0.39, 0.29) is 11.8 Å². The minimum atomic E-state index is -0.0771. The normalized spacial score (nSPS) is 12.1. The summed E-state index contributed by atoms with van der Waals surface area (Å²) in [4.78, 5) is 11.7. The van der Waals surface area contributed by atoms with Gasteiger partial charge >= 0.3 is 0 Å². The van der Waals surface area contributed by atoms with Gasteiger partial charge in [0.2, 0.25) is 5.91 Å². The van der Waals surface area contributed by atoms with Crippen LogP contribution in [0, 0.1) is 5.92 Å². The third-order valence-corrected chi connectivity index (χ3v) is 2.42. The van der Waals surface area contributed by atoms with Gasteiger partial charge in [-0.05, 0) is 12.1 Å². The summed E-state index contributed by atoms with van der Waals surface area (Å²) in [6.45, 7) is 2.23. The summed E-state index contributed by atoms with van der Waals surface area (Å²) in [7, 11) is 0. The first-order chi connectivity index (χ1) is 7.09. The van der Waals surface area contributed by atoms with E-state index in [4.69, 9.17) is 22.4 Å². The van der Waals surface area contributed by atoms with E-state index < -0.39 is 0 Å². The molecular weight excluding hydrogens is 212 g/mol. The maximum absolute atomic E-state index is 11.4. The van der Waals surface area contributed by atoms with Crippen LogP contribution in [-0.4, -0.2) is 10.9 Å². The first kappa shape index (κ1) is 11.7. The Bertz CT molecular complexity index is 335. The van der Waals surface area contributed by atoms with Crippen molar-refractivity contribution in [1.29, 1.82) is 0 Å². The number of nitrogens with one attached hydrogen (secondary N) is 1. The summed E-state index contributed by atoms with van der Waals surface area (Å²) in [5.74, 6) is 0.578. The lowest BCUT2D eigenvalue weighted by atomic mass is 10.1. The van der Waals surface area contributed by atoms with Crippen LogP contribution >= 0.6 is 12.2 Å². The maximum atomic E-state index is 11.4. The van der Waals surface area contributed by atoms with E-state index in [1.54, 1.807) is 18.4 Å². The zero-order valence-corrected chi connectivity index (χ0v) is 9.34. The van der Waals surface area contributed by atoms with E-state index in [1.807, 2.05) is 6.92 Å². The summed E-state index contributed by atoms with van der Waals surface area (Å²) in [5, 5.41) is 2.72. The molecule has 1 heterocycles. The van der Waals surface area contributed by atoms with Gasteiger partial charge in [0.05, 0.1) is 17.8 Å². The molecule has 0 saturated carbocycles. The van der Waals surface area contributed by atoms with Crippen LogP contribution in [0.4, 0.5) is 0 Å². The first-order valence-corrected chi connectivity index (χ1v) is 5.09. The van der Waals surface area contributed by atoms with Crippen LogP contribution < -0.4 is 11.1 Å². The molecule has 82 valence electrons. The van der Waals surface area contributed by atoms with Gasteiger partial charge in [-0.25, -0.2) is 0 Å². The molecule has 0 aliphatic heterocycles. The number of thiocarbonyl (C=S) groups is 1. The number of furan rings is 1. The Hall–Kier alpha value is -1.36. The summed E-state index contributed by atoms with van der Waals surface area (Å²) >= 11 is 4.78. The molecular formula is C10H14N2O2S. The van der Waals surface area contributed by atoms with Crippen molar-refractivity contribution in [1.82, 2.24) is 5.32 Å². The lowest BCUT2D eigenvalue weighted by molar-refractivity contribution is -0.121. The van der Waals surface area contributed by atoms with E-state index >= 15 is 0 Å². The summed E-state index contributed by atoms with van der Waals surface area (Å²) in [6.07, 6.45) is 1.88. The zero-order chi connectivity index (χ0) is 11.3. The van der Waals surface area contributed by atoms with Crippen LogP contribution in [0.5, 0.6) is 0 Å². The van der Waals surface area contributed by atoms with Crippen LogP contribution in [0.15, 0.2) is 22.8 Å². The molecule has 1 amide bonds. The molecule has 0 bridgehead atoms. The second-order valence-corrected chi connectivity index (χ2v) is 3.84. The van der Waals surface area contributed by atoms with Crippen LogP contribution in [0.25, 0.3) is 0 Å². The van der Waals surface area contributed by atoms with E-state index in [9.17, 15) is 4.79 Å². The fraction of sp³-hybridized carbons (Fsp3) is 0.400. The fourth-order valence-corrected chi connectivity index (χ4v) is 1.13. The average Bonchev–Trinajstić information content (AvgIpc) is 2.66. The van der Waals surface area contributed by atoms with Crippen molar-refractivity contribution in [2.45, 2.75) is 19.9 Å². The summed E-state index contributed by atoms with van der Waals surface area (Å²) < 4.78 is 5.07. The second-order valence-electron chi connectivity index (χ2n) is 3.36. The van der Waals surface area contributed by atoms with Crippen LogP contribution in [-0.2, 0) is 11.3 Å². The smallest absolute Gasteiger partial charge is 0.221 e. The minimum absolute atomic E-state index is 0.0726. The predicted molar refractivity (Wildman–Crippen MR) is 61.1 cm³/mol. The zero-order valence-electron chi connectivity index (χ0n) is 8.53. The second kappa shape index (κ2) is 5.50. The third kappa shape index (κ3) is 4.12. The molecule has 1 atom stereocenters. The molecule has 3 N–H and O–H groups in total. The monoisotopic (exact) mass is 226 g/mol. The Balaban J connectivity index is 2.28. The van der Waals surface area contributed by atoms with E-state index in [0.29, 0.717) is 18.0 Å². The van der Waals surface area contributed by atoms with Crippen molar-refractivity contribution >= 4 is 23.1 Å². The molecule has 1 aromatic rings. The van der Waals surface area contributed by atoms with Crippen molar-refractivity contribution < 1.29 is 9.21 Å². The maximum Gasteiger partial charge on any atom is 0.221 e. The van der Waals surface area contributed by atoms with Gasteiger partial charge in [-0.2, -0.15) is 0 Å². The molecule has 0 spiro atoms. The van der Waals surface area contributed by atoms with E-state index in [1.165, 1.54) is 0 Å². The number of carbonyl (C=O) groups excluding carboxylic acids is 1. The van der Waals surface area contributed by atoms with Gasteiger partial charge in [0.1, 0.15) is 5.76 Å². The number of nitrogens with two attached hydrogens (primary N) is 1. The highest BCUT2D eigenvalue weighted by atomic mass is 32.1. The summed E-state index contributed by atoms with van der Waals surface area (Å²) in [6, 6.07) is 3.58. The number of amides is 1. The molecule has 0 fully saturated rings. The number of carbonyl (C=O) groups is 1. The van der Waals surface area contributed by atoms with E-state index in [0.717, 1.165) is 5.76 Å². The molecule has 0 saturated heterocycles. The highest BCUT2D eigenvalue weighted by molar-refractivity contribution is 7.80. The average molecular weight is 226 g/mol. The van der Waals surface area contributed by atoms with Gasteiger partial charge in [-0.3, -0.25) is 4.79 Å². The SMILES string of the molecule is CC(CC(=O)NCc1ccco1)C(N)=S. The Kier molecular flexibility index (Phi) is 4.30. The topological polar surface area (TPSA) is 68.3 Å². The molecule has 4 nitrogen and oxygen atoms in total. The standard InChI is InChI=1S/C10H14N2O2S/c1-7(10(11)15)5-9(13)12-6-8-3-2-4-14-8/h2-4,7H,5-6H2,1H3,(H2,11,15)(H,12,13). The molecule has 0 aliphatic carbocycles. The van der Waals surface area contributed by atoms with Crippen molar-refractivity contribution in [3.8, 4) is 0 Å². The highest BCUT2D eigenvalue weighted by Gasteiger charge is 2.11. The van der Waals surface area contributed by atoms with Crippen molar-refractivity contribution in [2.75, 3.05) is 0 Å². The third-order valence-electron chi connectivity index (χ3n) is 2.02. The number of rotatable bonds is 5. The van der Waals surface area contributed by atoms with Crippen molar-refractivity contribution in [2.24, 2.45) is 11.7 Å². The largest absolute Gasteiger partial charge is 0.467 e. The van der Waals surface area contributed by atoms with E-state index in [2.05, 4.69) is 5.32 Å². The first-order valence-electron chi connectivity index (χ1n) is 4.68. The molecule has 1 aromatic heterocycles. The molecule has 0 radical (unpaired) electrons. The molecule has 0 aromatic carbocycles.